The van der Waals surface area contributed by atoms with Gasteiger partial charge in [0.25, 0.3) is 0 Å². The largest absolute Gasteiger partial charge is 0.481 e. The Kier molecular flexibility index (Phi) is 5.53. The molecule has 5 heteroatoms. The Morgan fingerprint density at radius 1 is 1.33 bits per heavy atom. The molecule has 12 heavy (non-hydrogen) atoms. The van der Waals surface area contributed by atoms with Crippen LogP contribution in [0.4, 0.5) is 8.78 Å². The van der Waals surface area contributed by atoms with Gasteiger partial charge in [-0.1, -0.05) is 0 Å². The molecule has 0 saturated carbocycles. The van der Waals surface area contributed by atoms with Crippen LogP contribution in [0.3, 0.4) is 0 Å². The van der Waals surface area contributed by atoms with Crippen LogP contribution in [-0.4, -0.2) is 30.0 Å². The SMILES string of the molecule is NCC[C@H](F)[C@H](F)CCC(=O)O. The summed E-state index contributed by atoms with van der Waals surface area (Å²) in [6.45, 7) is 0.0780. The van der Waals surface area contributed by atoms with E-state index in [4.69, 9.17) is 10.8 Å². The third-order valence-corrected chi connectivity index (χ3v) is 1.47. The van der Waals surface area contributed by atoms with Gasteiger partial charge in [-0.2, -0.15) is 0 Å². The van der Waals surface area contributed by atoms with Crippen LogP contribution < -0.4 is 5.73 Å². The standard InChI is InChI=1S/C7H13F2NO2/c8-5(1-2-7(11)12)6(9)3-4-10/h5-6H,1-4,10H2,(H,11,12)/t5-,6+/m1/s1. The molecule has 0 aromatic rings. The summed E-state index contributed by atoms with van der Waals surface area (Å²) in [5, 5.41) is 8.16. The second-order valence-corrected chi connectivity index (χ2v) is 2.54. The molecule has 0 aliphatic rings. The highest BCUT2D eigenvalue weighted by Gasteiger charge is 2.19. The molecule has 0 radical (unpaired) electrons. The van der Waals surface area contributed by atoms with Crippen molar-refractivity contribution in [3.8, 4) is 0 Å². The van der Waals surface area contributed by atoms with E-state index in [9.17, 15) is 13.6 Å². The van der Waals surface area contributed by atoms with E-state index in [0.717, 1.165) is 0 Å². The zero-order chi connectivity index (χ0) is 9.56. The lowest BCUT2D eigenvalue weighted by molar-refractivity contribution is -0.137. The topological polar surface area (TPSA) is 63.3 Å². The minimum atomic E-state index is -1.70. The number of rotatable bonds is 6. The Hall–Kier alpha value is -0.710. The summed E-state index contributed by atoms with van der Waals surface area (Å²) >= 11 is 0. The molecule has 3 nitrogen and oxygen atoms in total. The zero-order valence-corrected chi connectivity index (χ0v) is 6.67. The second kappa shape index (κ2) is 5.88. The molecule has 0 aliphatic carbocycles. The first-order valence-electron chi connectivity index (χ1n) is 3.78. The van der Waals surface area contributed by atoms with Crippen molar-refractivity contribution >= 4 is 5.97 Å². The number of nitrogens with two attached hydrogens (primary N) is 1. The highest BCUT2D eigenvalue weighted by molar-refractivity contribution is 5.66. The molecule has 0 rings (SSSR count). The molecule has 2 atom stereocenters. The molecule has 0 unspecified atom stereocenters. The maximum Gasteiger partial charge on any atom is 0.303 e. The maximum absolute atomic E-state index is 12.6. The first-order chi connectivity index (χ1) is 5.57. The van der Waals surface area contributed by atoms with Crippen molar-refractivity contribution in [1.82, 2.24) is 0 Å². The van der Waals surface area contributed by atoms with Crippen molar-refractivity contribution in [2.75, 3.05) is 6.54 Å². The summed E-state index contributed by atoms with van der Waals surface area (Å²) in [5.41, 5.74) is 5.00. The maximum atomic E-state index is 12.6. The van der Waals surface area contributed by atoms with Crippen LogP contribution in [0.25, 0.3) is 0 Å². The molecule has 0 aliphatic heterocycles. The van der Waals surface area contributed by atoms with Crippen LogP contribution in [0.15, 0.2) is 0 Å². The van der Waals surface area contributed by atoms with Gasteiger partial charge in [0.05, 0.1) is 0 Å². The van der Waals surface area contributed by atoms with E-state index in [1.54, 1.807) is 0 Å². The predicted octanol–water partition coefficient (Wildman–Crippen LogP) is 0.876. The highest BCUT2D eigenvalue weighted by atomic mass is 19.2. The van der Waals surface area contributed by atoms with Crippen LogP contribution in [0.2, 0.25) is 0 Å². The van der Waals surface area contributed by atoms with E-state index in [2.05, 4.69) is 0 Å². The van der Waals surface area contributed by atoms with E-state index < -0.39 is 18.3 Å². The van der Waals surface area contributed by atoms with Gasteiger partial charge in [0.2, 0.25) is 0 Å². The normalized spacial score (nSPS) is 15.6. The lowest BCUT2D eigenvalue weighted by Gasteiger charge is -2.10. The molecule has 0 heterocycles. The lowest BCUT2D eigenvalue weighted by Crippen LogP contribution is -2.21. The fraction of sp³-hybridized carbons (Fsp3) is 0.857. The molecule has 0 fully saturated rings. The minimum absolute atomic E-state index is 0.0548. The Morgan fingerprint density at radius 2 is 1.83 bits per heavy atom. The number of carboxylic acids is 1. The van der Waals surface area contributed by atoms with Crippen LogP contribution in [0, 0.1) is 0 Å². The van der Waals surface area contributed by atoms with Crippen molar-refractivity contribution in [2.45, 2.75) is 31.6 Å². The van der Waals surface area contributed by atoms with Gasteiger partial charge >= 0.3 is 5.97 Å². The average molecular weight is 181 g/mol. The number of carboxylic acid groups (broad SMARTS) is 1. The zero-order valence-electron chi connectivity index (χ0n) is 6.67. The molecule has 0 bridgehead atoms. The van der Waals surface area contributed by atoms with Gasteiger partial charge in [-0.05, 0) is 19.4 Å². The lowest BCUT2D eigenvalue weighted by atomic mass is 10.1. The molecular formula is C7H13F2NO2. The summed E-state index contributed by atoms with van der Waals surface area (Å²) in [6, 6.07) is 0. The molecule has 0 aromatic heterocycles. The van der Waals surface area contributed by atoms with Gasteiger partial charge < -0.3 is 10.8 Å². The Labute approximate surface area is 69.6 Å². The van der Waals surface area contributed by atoms with Gasteiger partial charge in [-0.15, -0.1) is 0 Å². The summed E-state index contributed by atoms with van der Waals surface area (Å²) in [6.07, 6.45) is -4.01. The number of carbonyl (C=O) groups is 1. The average Bonchev–Trinajstić information content (AvgIpc) is 2.00. The summed E-state index contributed by atoms with van der Waals surface area (Å²) < 4.78 is 25.2. The van der Waals surface area contributed by atoms with Gasteiger partial charge in [-0.25, -0.2) is 8.78 Å². The first-order valence-corrected chi connectivity index (χ1v) is 3.78. The third kappa shape index (κ3) is 5.01. The Balaban J connectivity index is 3.55. The number of halogens is 2. The smallest absolute Gasteiger partial charge is 0.303 e. The van der Waals surface area contributed by atoms with E-state index in [-0.39, 0.29) is 25.8 Å². The fourth-order valence-electron chi connectivity index (χ4n) is 0.782. The molecule has 0 spiro atoms. The predicted molar refractivity (Wildman–Crippen MR) is 40.3 cm³/mol. The van der Waals surface area contributed by atoms with Crippen LogP contribution >= 0.6 is 0 Å². The van der Waals surface area contributed by atoms with Crippen molar-refractivity contribution in [3.63, 3.8) is 0 Å². The summed E-state index contributed by atoms with van der Waals surface area (Å²) in [7, 11) is 0. The highest BCUT2D eigenvalue weighted by Crippen LogP contribution is 2.12. The number of aliphatic carboxylic acids is 1. The Bertz CT molecular complexity index is 143. The van der Waals surface area contributed by atoms with Crippen LogP contribution in [0.1, 0.15) is 19.3 Å². The van der Waals surface area contributed by atoms with Crippen molar-refractivity contribution in [3.05, 3.63) is 0 Å². The van der Waals surface area contributed by atoms with Crippen LogP contribution in [0.5, 0.6) is 0 Å². The monoisotopic (exact) mass is 181 g/mol. The fourth-order valence-corrected chi connectivity index (χ4v) is 0.782. The van der Waals surface area contributed by atoms with Gasteiger partial charge in [0, 0.05) is 6.42 Å². The molecule has 0 amide bonds. The van der Waals surface area contributed by atoms with Crippen molar-refractivity contribution < 1.29 is 18.7 Å². The minimum Gasteiger partial charge on any atom is -0.481 e. The Morgan fingerprint density at radius 3 is 2.25 bits per heavy atom. The van der Waals surface area contributed by atoms with Crippen molar-refractivity contribution in [1.29, 1.82) is 0 Å². The van der Waals surface area contributed by atoms with Crippen molar-refractivity contribution in [2.24, 2.45) is 5.73 Å². The molecule has 72 valence electrons. The van der Waals surface area contributed by atoms with E-state index in [1.807, 2.05) is 0 Å². The quantitative estimate of drug-likeness (QED) is 0.639. The molecule has 0 saturated heterocycles. The van der Waals surface area contributed by atoms with Crippen LogP contribution in [-0.2, 0) is 4.79 Å². The van der Waals surface area contributed by atoms with E-state index >= 15 is 0 Å². The first kappa shape index (κ1) is 11.3. The number of hydrogen-bond donors (Lipinski definition) is 2. The molecule has 0 aromatic carbocycles. The number of alkyl halides is 2. The summed E-state index contributed by atoms with van der Waals surface area (Å²) in [4.78, 5) is 9.97. The second-order valence-electron chi connectivity index (χ2n) is 2.54. The van der Waals surface area contributed by atoms with Gasteiger partial charge in [0.1, 0.15) is 12.3 Å². The molecule has 3 N–H and O–H groups in total. The number of hydrogen-bond acceptors (Lipinski definition) is 2. The molecular weight excluding hydrogens is 168 g/mol. The van der Waals surface area contributed by atoms with E-state index in [0.29, 0.717) is 0 Å². The van der Waals surface area contributed by atoms with Gasteiger partial charge in [0.15, 0.2) is 0 Å². The van der Waals surface area contributed by atoms with Gasteiger partial charge in [-0.3, -0.25) is 4.79 Å². The van der Waals surface area contributed by atoms with E-state index in [1.165, 1.54) is 0 Å². The summed E-state index contributed by atoms with van der Waals surface area (Å²) in [5.74, 6) is -1.11. The third-order valence-electron chi connectivity index (χ3n) is 1.47.